The summed E-state index contributed by atoms with van der Waals surface area (Å²) in [5, 5.41) is 12.0. The number of aromatic hydroxyl groups is 1. The van der Waals surface area contributed by atoms with Gasteiger partial charge in [0.05, 0.1) is 0 Å². The fraction of sp³-hybridized carbons (Fsp3) is 0. The van der Waals surface area contributed by atoms with Gasteiger partial charge in [0.15, 0.2) is 0 Å². The minimum absolute atomic E-state index is 0.0501. The van der Waals surface area contributed by atoms with Crippen molar-refractivity contribution in [2.75, 3.05) is 0 Å². The Bertz CT molecular complexity index is 839. The van der Waals surface area contributed by atoms with Gasteiger partial charge in [-0.2, -0.15) is 0 Å². The molecule has 0 aliphatic carbocycles. The molecule has 4 aromatic rings. The van der Waals surface area contributed by atoms with Crippen LogP contribution >= 0.6 is 0 Å². The van der Waals surface area contributed by atoms with Crippen LogP contribution in [0, 0.1) is 0 Å². The van der Waals surface area contributed by atoms with Gasteiger partial charge in [-0.15, -0.1) is 0 Å². The lowest BCUT2D eigenvalue weighted by molar-refractivity contribution is 0.0990. The molecule has 2 bridgehead atoms. The van der Waals surface area contributed by atoms with E-state index in [4.69, 9.17) is 11.5 Å². The van der Waals surface area contributed by atoms with E-state index >= 15 is 0 Å². The van der Waals surface area contributed by atoms with Gasteiger partial charge in [0.1, 0.15) is 5.75 Å². The Labute approximate surface area is 107 Å². The SMILES string of the molecule is NC(=O)c1ccc(C(N)=O)c2c3ccc(cc3O)c12. The second kappa shape index (κ2) is 3.58. The molecule has 0 unspecified atom stereocenters. The maximum absolute atomic E-state index is 11.5. The first-order valence-electron chi connectivity index (χ1n) is 5.61. The molecule has 0 spiro atoms. The third kappa shape index (κ3) is 1.41. The van der Waals surface area contributed by atoms with Crippen molar-refractivity contribution >= 4 is 33.4 Å². The van der Waals surface area contributed by atoms with E-state index in [2.05, 4.69) is 0 Å². The normalized spacial score (nSPS) is 11.2. The topological polar surface area (TPSA) is 106 Å². The lowest BCUT2D eigenvalue weighted by atomic mass is 9.91. The number of fused-ring (bicyclic) bond motifs is 2. The van der Waals surface area contributed by atoms with Crippen LogP contribution in [-0.4, -0.2) is 16.9 Å². The molecule has 0 saturated heterocycles. The second-order valence-electron chi connectivity index (χ2n) is 4.37. The molecule has 0 heterocycles. The number of carbonyl (C=O) groups is 2. The van der Waals surface area contributed by atoms with E-state index in [-0.39, 0.29) is 11.3 Å². The van der Waals surface area contributed by atoms with E-state index in [9.17, 15) is 14.7 Å². The van der Waals surface area contributed by atoms with Crippen molar-refractivity contribution in [2.45, 2.75) is 0 Å². The fourth-order valence-electron chi connectivity index (χ4n) is 2.49. The number of hydrogen-bond donors (Lipinski definition) is 3. The number of nitrogens with two attached hydrogens (primary N) is 2. The van der Waals surface area contributed by atoms with Gasteiger partial charge in [-0.3, -0.25) is 9.59 Å². The Kier molecular flexibility index (Phi) is 2.13. The van der Waals surface area contributed by atoms with Gasteiger partial charge in [0.25, 0.3) is 0 Å². The quantitative estimate of drug-likeness (QED) is 0.642. The number of benzene rings is 4. The summed E-state index contributed by atoms with van der Waals surface area (Å²) in [6.45, 7) is 0. The van der Waals surface area contributed by atoms with Gasteiger partial charge >= 0.3 is 0 Å². The van der Waals surface area contributed by atoms with E-state index in [1.807, 2.05) is 0 Å². The first kappa shape index (κ1) is 11.3. The minimum Gasteiger partial charge on any atom is -0.507 e. The highest BCUT2D eigenvalue weighted by atomic mass is 16.3. The molecule has 0 radical (unpaired) electrons. The van der Waals surface area contributed by atoms with E-state index in [0.29, 0.717) is 27.1 Å². The van der Waals surface area contributed by atoms with Crippen LogP contribution in [0.3, 0.4) is 0 Å². The van der Waals surface area contributed by atoms with Crippen molar-refractivity contribution in [3.05, 3.63) is 41.5 Å². The van der Waals surface area contributed by atoms with Crippen molar-refractivity contribution < 1.29 is 14.7 Å². The molecule has 0 aliphatic rings. The van der Waals surface area contributed by atoms with Gasteiger partial charge in [-0.25, -0.2) is 0 Å². The van der Waals surface area contributed by atoms with Crippen molar-refractivity contribution in [3.63, 3.8) is 0 Å². The summed E-state index contributed by atoms with van der Waals surface area (Å²) >= 11 is 0. The lowest BCUT2D eigenvalue weighted by Gasteiger charge is -2.14. The van der Waals surface area contributed by atoms with E-state index < -0.39 is 11.8 Å². The predicted octanol–water partition coefficient (Wildman–Crippen LogP) is 1.33. The summed E-state index contributed by atoms with van der Waals surface area (Å²) in [6, 6.07) is 7.92. The highest BCUT2D eigenvalue weighted by molar-refractivity contribution is 6.25. The van der Waals surface area contributed by atoms with Gasteiger partial charge < -0.3 is 16.6 Å². The summed E-state index contributed by atoms with van der Waals surface area (Å²) in [5.41, 5.74) is 11.3. The first-order chi connectivity index (χ1) is 9.00. The molecule has 94 valence electrons. The zero-order valence-electron chi connectivity index (χ0n) is 9.81. The van der Waals surface area contributed by atoms with Crippen molar-refractivity contribution in [1.82, 2.24) is 0 Å². The van der Waals surface area contributed by atoms with E-state index in [0.717, 1.165) is 0 Å². The number of phenols is 2. The van der Waals surface area contributed by atoms with E-state index in [1.165, 1.54) is 18.2 Å². The summed E-state index contributed by atoms with van der Waals surface area (Å²) in [7, 11) is 0. The molecule has 4 rings (SSSR count). The number of amides is 2. The molecule has 0 atom stereocenters. The molecule has 4 aromatic carbocycles. The molecule has 2 amide bonds. The van der Waals surface area contributed by atoms with Gasteiger partial charge in [0.2, 0.25) is 11.8 Å². The summed E-state index contributed by atoms with van der Waals surface area (Å²) in [4.78, 5) is 23.0. The fourth-order valence-corrected chi connectivity index (χ4v) is 2.49. The molecule has 0 saturated carbocycles. The van der Waals surface area contributed by atoms with Gasteiger partial charge in [0, 0.05) is 27.3 Å². The average Bonchev–Trinajstić information content (AvgIpc) is 2.37. The average molecular weight is 254 g/mol. The van der Waals surface area contributed by atoms with Crippen LogP contribution in [0.25, 0.3) is 21.5 Å². The summed E-state index contributed by atoms with van der Waals surface area (Å²) < 4.78 is 0. The standard InChI is InChI=1S/C14H10N2O3/c15-13(18)8-3-4-9(14(16)19)12-7-2-1-6(11(8)12)5-10(7)17/h1-5,17H,(H2,15,18)(H2,16,19). The Morgan fingerprint density at radius 3 is 2.00 bits per heavy atom. The molecule has 0 fully saturated rings. The maximum atomic E-state index is 11.5. The van der Waals surface area contributed by atoms with Crippen LogP contribution < -0.4 is 11.5 Å². The Balaban J connectivity index is 2.63. The molecular formula is C14H10N2O3. The Morgan fingerprint density at radius 1 is 0.895 bits per heavy atom. The van der Waals surface area contributed by atoms with Crippen LogP contribution in [0.2, 0.25) is 0 Å². The largest absolute Gasteiger partial charge is 0.507 e. The molecule has 5 heteroatoms. The zero-order chi connectivity index (χ0) is 13.7. The maximum Gasteiger partial charge on any atom is 0.249 e. The van der Waals surface area contributed by atoms with Crippen LogP contribution in [0.5, 0.6) is 5.75 Å². The number of primary amides is 2. The molecule has 0 aliphatic heterocycles. The summed E-state index contributed by atoms with van der Waals surface area (Å²) in [5.74, 6) is -1.16. The summed E-state index contributed by atoms with van der Waals surface area (Å²) in [6.07, 6.45) is 0. The van der Waals surface area contributed by atoms with Crippen LogP contribution in [0.1, 0.15) is 20.7 Å². The highest BCUT2D eigenvalue weighted by Crippen LogP contribution is 2.38. The van der Waals surface area contributed by atoms with Gasteiger partial charge in [-0.05, 0) is 29.7 Å². The number of rotatable bonds is 2. The monoisotopic (exact) mass is 254 g/mol. The number of carbonyl (C=O) groups excluding carboxylic acids is 2. The van der Waals surface area contributed by atoms with Crippen molar-refractivity contribution in [3.8, 4) is 5.75 Å². The second-order valence-corrected chi connectivity index (χ2v) is 4.37. The molecule has 5 N–H and O–H groups in total. The smallest absolute Gasteiger partial charge is 0.249 e. The van der Waals surface area contributed by atoms with Crippen molar-refractivity contribution in [2.24, 2.45) is 11.5 Å². The molecule has 19 heavy (non-hydrogen) atoms. The van der Waals surface area contributed by atoms with Crippen molar-refractivity contribution in [1.29, 1.82) is 0 Å². The first-order valence-corrected chi connectivity index (χ1v) is 5.61. The number of phenolic OH excluding ortho intramolecular Hbond substituents is 1. The van der Waals surface area contributed by atoms with Gasteiger partial charge in [-0.1, -0.05) is 6.07 Å². The van der Waals surface area contributed by atoms with Crippen LogP contribution in [0.15, 0.2) is 30.3 Å². The Morgan fingerprint density at radius 2 is 1.47 bits per heavy atom. The van der Waals surface area contributed by atoms with E-state index in [1.54, 1.807) is 12.1 Å². The Hall–Kier alpha value is -2.82. The predicted molar refractivity (Wildman–Crippen MR) is 71.3 cm³/mol. The van der Waals surface area contributed by atoms with Crippen LogP contribution in [-0.2, 0) is 0 Å². The third-order valence-electron chi connectivity index (χ3n) is 3.29. The number of hydrogen-bond acceptors (Lipinski definition) is 3. The lowest BCUT2D eigenvalue weighted by Crippen LogP contribution is -2.15. The molecule has 0 aromatic heterocycles. The highest BCUT2D eigenvalue weighted by Gasteiger charge is 2.19. The molecule has 5 nitrogen and oxygen atoms in total. The zero-order valence-corrected chi connectivity index (χ0v) is 9.81. The third-order valence-corrected chi connectivity index (χ3v) is 3.29. The van der Waals surface area contributed by atoms with Crippen LogP contribution in [0.4, 0.5) is 0 Å². The minimum atomic E-state index is -0.617. The molecular weight excluding hydrogens is 244 g/mol.